The van der Waals surface area contributed by atoms with Crippen LogP contribution in [0, 0.1) is 0 Å². The maximum absolute atomic E-state index is 5.46. The van der Waals surface area contributed by atoms with Crippen LogP contribution in [0.3, 0.4) is 0 Å². The molecule has 0 saturated heterocycles. The number of hydrogen-bond donors (Lipinski definition) is 0. The first-order valence-electron chi connectivity index (χ1n) is 21.8. The highest BCUT2D eigenvalue weighted by Gasteiger charge is 2.17. The van der Waals surface area contributed by atoms with Gasteiger partial charge in [-0.2, -0.15) is 0 Å². The van der Waals surface area contributed by atoms with E-state index >= 15 is 0 Å². The molecular weight excluding hydrogens is 797 g/mol. The Kier molecular flexibility index (Phi) is 15.4. The van der Waals surface area contributed by atoms with Gasteiger partial charge in [-0.15, -0.1) is 11.3 Å². The molecule has 322 valence electrons. The van der Waals surface area contributed by atoms with Gasteiger partial charge in [0.1, 0.15) is 23.0 Å². The monoisotopic (exact) mass is 854 g/mol. The van der Waals surface area contributed by atoms with Gasteiger partial charge in [0.15, 0.2) is 0 Å². The third kappa shape index (κ3) is 11.0. The molecule has 0 radical (unpaired) electrons. The van der Waals surface area contributed by atoms with Gasteiger partial charge in [0, 0.05) is 43.9 Å². The minimum Gasteiger partial charge on any atom is -0.497 e. The van der Waals surface area contributed by atoms with Crippen LogP contribution >= 0.6 is 11.3 Å². The van der Waals surface area contributed by atoms with Gasteiger partial charge in [-0.05, 0) is 181 Å². The highest BCUT2D eigenvalue weighted by atomic mass is 32.1. The van der Waals surface area contributed by atoms with Crippen molar-refractivity contribution in [3.8, 4) is 23.0 Å². The lowest BCUT2D eigenvalue weighted by Crippen LogP contribution is -2.09. The van der Waals surface area contributed by atoms with Crippen LogP contribution in [0.25, 0.3) is 24.3 Å². The van der Waals surface area contributed by atoms with Gasteiger partial charge in [-0.1, -0.05) is 63.1 Å². The number of nitrogens with zero attached hydrogens (tertiary/aromatic N) is 2. The van der Waals surface area contributed by atoms with Crippen LogP contribution in [0.2, 0.25) is 0 Å². The predicted octanol–water partition coefficient (Wildman–Crippen LogP) is 15.7. The van der Waals surface area contributed by atoms with Crippen molar-refractivity contribution >= 4 is 69.8 Å². The Morgan fingerprint density at radius 1 is 0.365 bits per heavy atom. The second-order valence-electron chi connectivity index (χ2n) is 15.3. The van der Waals surface area contributed by atoms with E-state index in [1.807, 2.05) is 59.9 Å². The van der Waals surface area contributed by atoms with Crippen molar-refractivity contribution in [2.45, 2.75) is 52.4 Å². The number of ether oxygens (including phenoxy) is 4. The summed E-state index contributed by atoms with van der Waals surface area (Å²) < 4.78 is 21.8. The SMILES string of the molecule is CCCCc1c(/C=C/c2ccc(N(c3ccc(OC)cc3)c3ccc(OC)cc3)cc2)sc(/C=C/c2ccc(N(c3ccc(OC)cc3)c3ccc(OC)cc3)cc2)c1CCCC. The average Bonchev–Trinajstić information content (AvgIpc) is 3.68. The molecule has 1 aromatic heterocycles. The molecule has 0 amide bonds. The maximum Gasteiger partial charge on any atom is 0.119 e. The summed E-state index contributed by atoms with van der Waals surface area (Å²) in [6.07, 6.45) is 16.0. The molecule has 7 rings (SSSR count). The summed E-state index contributed by atoms with van der Waals surface area (Å²) in [6, 6.07) is 50.3. The van der Waals surface area contributed by atoms with Crippen LogP contribution < -0.4 is 28.7 Å². The molecular formula is C56H58N2O4S. The quantitative estimate of drug-likeness (QED) is 0.0761. The average molecular weight is 855 g/mol. The van der Waals surface area contributed by atoms with Crippen LogP contribution in [-0.2, 0) is 12.8 Å². The van der Waals surface area contributed by atoms with E-state index in [9.17, 15) is 0 Å². The lowest BCUT2D eigenvalue weighted by molar-refractivity contribution is 0.414. The first-order chi connectivity index (χ1) is 30.9. The van der Waals surface area contributed by atoms with Crippen LogP contribution in [0.1, 0.15) is 71.5 Å². The van der Waals surface area contributed by atoms with E-state index < -0.39 is 0 Å². The number of anilines is 6. The van der Waals surface area contributed by atoms with E-state index in [1.165, 1.54) is 33.7 Å². The van der Waals surface area contributed by atoms with E-state index in [4.69, 9.17) is 18.9 Å². The maximum atomic E-state index is 5.46. The number of thiophene rings is 1. The Morgan fingerprint density at radius 2 is 0.619 bits per heavy atom. The normalized spacial score (nSPS) is 11.3. The molecule has 0 aliphatic carbocycles. The molecule has 0 saturated carbocycles. The van der Waals surface area contributed by atoms with Gasteiger partial charge < -0.3 is 28.7 Å². The minimum atomic E-state index is 0.824. The highest BCUT2D eigenvalue weighted by Crippen LogP contribution is 2.39. The van der Waals surface area contributed by atoms with E-state index in [0.29, 0.717) is 0 Å². The Balaban J connectivity index is 1.16. The largest absolute Gasteiger partial charge is 0.497 e. The Hall–Kier alpha value is -6.70. The molecule has 0 spiro atoms. The Labute approximate surface area is 378 Å². The topological polar surface area (TPSA) is 43.4 Å². The zero-order chi connectivity index (χ0) is 44.0. The number of benzene rings is 6. The predicted molar refractivity (Wildman–Crippen MR) is 268 cm³/mol. The fraction of sp³-hybridized carbons (Fsp3) is 0.214. The van der Waals surface area contributed by atoms with Crippen molar-refractivity contribution in [1.82, 2.24) is 0 Å². The first-order valence-corrected chi connectivity index (χ1v) is 22.6. The molecule has 63 heavy (non-hydrogen) atoms. The van der Waals surface area contributed by atoms with Gasteiger partial charge in [-0.3, -0.25) is 0 Å². The van der Waals surface area contributed by atoms with Gasteiger partial charge >= 0.3 is 0 Å². The molecule has 7 aromatic rings. The summed E-state index contributed by atoms with van der Waals surface area (Å²) in [5.41, 5.74) is 11.6. The number of methoxy groups -OCH3 is 4. The number of unbranched alkanes of at least 4 members (excludes halogenated alkanes) is 2. The highest BCUT2D eigenvalue weighted by molar-refractivity contribution is 7.14. The molecule has 0 unspecified atom stereocenters. The van der Waals surface area contributed by atoms with Gasteiger partial charge in [0.2, 0.25) is 0 Å². The van der Waals surface area contributed by atoms with Gasteiger partial charge in [-0.25, -0.2) is 0 Å². The van der Waals surface area contributed by atoms with Crippen molar-refractivity contribution < 1.29 is 18.9 Å². The first kappa shape index (κ1) is 44.4. The van der Waals surface area contributed by atoms with Crippen molar-refractivity contribution in [3.63, 3.8) is 0 Å². The molecule has 0 N–H and O–H groups in total. The van der Waals surface area contributed by atoms with Gasteiger partial charge in [0.25, 0.3) is 0 Å². The summed E-state index contributed by atoms with van der Waals surface area (Å²) in [4.78, 5) is 7.19. The molecule has 0 fully saturated rings. The molecule has 0 aliphatic rings. The minimum absolute atomic E-state index is 0.824. The van der Waals surface area contributed by atoms with E-state index in [0.717, 1.165) is 93.9 Å². The van der Waals surface area contributed by atoms with Crippen molar-refractivity contribution in [2.24, 2.45) is 0 Å². The fourth-order valence-electron chi connectivity index (χ4n) is 7.70. The standard InChI is InChI=1S/C56H58N2O4S/c1-7-9-11-53-54(12-10-8-2)56(40-18-42-15-21-44(22-16-42)58(47-27-35-51(61-5)36-28-47)48-29-37-52(62-6)38-30-48)63-55(53)39-17-41-13-19-43(20-14-41)57(45-23-31-49(59-3)32-24-45)46-25-33-50(60-4)34-26-46/h13-40H,7-12H2,1-6H3/b39-17+,40-18+. The third-order valence-electron chi connectivity index (χ3n) is 11.2. The molecule has 0 bridgehead atoms. The summed E-state index contributed by atoms with van der Waals surface area (Å²) >= 11 is 1.91. The molecule has 6 aromatic carbocycles. The molecule has 7 heteroatoms. The Morgan fingerprint density at radius 3 is 0.857 bits per heavy atom. The smallest absolute Gasteiger partial charge is 0.119 e. The molecule has 0 aliphatic heterocycles. The lowest BCUT2D eigenvalue weighted by atomic mass is 9.97. The van der Waals surface area contributed by atoms with Crippen molar-refractivity contribution in [1.29, 1.82) is 0 Å². The van der Waals surface area contributed by atoms with Crippen LogP contribution in [0.5, 0.6) is 23.0 Å². The summed E-state index contributed by atoms with van der Waals surface area (Å²) in [5, 5.41) is 0. The van der Waals surface area contributed by atoms with E-state index in [-0.39, 0.29) is 0 Å². The third-order valence-corrected chi connectivity index (χ3v) is 12.4. The number of hydrogen-bond acceptors (Lipinski definition) is 7. The summed E-state index contributed by atoms with van der Waals surface area (Å²) in [5.74, 6) is 3.30. The second kappa shape index (κ2) is 21.9. The molecule has 1 heterocycles. The van der Waals surface area contributed by atoms with Crippen molar-refractivity contribution in [2.75, 3.05) is 38.2 Å². The van der Waals surface area contributed by atoms with E-state index in [1.54, 1.807) is 28.4 Å². The zero-order valence-electron chi connectivity index (χ0n) is 37.3. The summed E-state index contributed by atoms with van der Waals surface area (Å²) in [6.45, 7) is 4.57. The zero-order valence-corrected chi connectivity index (χ0v) is 38.2. The Bertz CT molecular complexity index is 2270. The second-order valence-corrected chi connectivity index (χ2v) is 16.4. The van der Waals surface area contributed by atoms with Crippen LogP contribution in [-0.4, -0.2) is 28.4 Å². The van der Waals surface area contributed by atoms with E-state index in [2.05, 4.69) is 145 Å². The van der Waals surface area contributed by atoms with Crippen LogP contribution in [0.15, 0.2) is 146 Å². The summed E-state index contributed by atoms with van der Waals surface area (Å²) in [7, 11) is 6.77. The fourth-order valence-corrected chi connectivity index (χ4v) is 8.90. The lowest BCUT2D eigenvalue weighted by Gasteiger charge is -2.26. The number of rotatable bonds is 20. The molecule has 6 nitrogen and oxygen atoms in total. The molecule has 0 atom stereocenters. The van der Waals surface area contributed by atoms with Crippen molar-refractivity contribution in [3.05, 3.63) is 178 Å². The van der Waals surface area contributed by atoms with Gasteiger partial charge in [0.05, 0.1) is 28.4 Å². The van der Waals surface area contributed by atoms with Crippen LogP contribution in [0.4, 0.5) is 34.1 Å².